The standard InChI is InChI=1S/C21H26BN3O7.CH2O2/c1-13(26)25(9-8-23)12-14-4-2-6-16(10-14)20(28)24-18(22(31)32)11-15-5-3-7-17(19(15)27)21(29)30;2-1-3/h2-7,10,18,27,31-32H,8-9,11-12,23H2,1H3,(H,24,28)(H,29,30);1H,(H,2,3)/t18-;/m0./s1. The van der Waals surface area contributed by atoms with Crippen LogP contribution in [-0.2, 0) is 22.6 Å². The molecule has 2 aromatic carbocycles. The molecule has 0 heterocycles. The highest BCUT2D eigenvalue weighted by Crippen LogP contribution is 2.24. The van der Waals surface area contributed by atoms with Crippen molar-refractivity contribution < 1.29 is 44.5 Å². The van der Waals surface area contributed by atoms with Gasteiger partial charge in [0.25, 0.3) is 12.4 Å². The fourth-order valence-electron chi connectivity index (χ4n) is 3.18. The fourth-order valence-corrected chi connectivity index (χ4v) is 3.18. The minimum atomic E-state index is -1.97. The number of phenols is 1. The topological polar surface area (TPSA) is 211 Å². The number of hydrogen-bond donors (Lipinski definition) is 7. The van der Waals surface area contributed by atoms with Crippen molar-refractivity contribution in [1.29, 1.82) is 0 Å². The van der Waals surface area contributed by atoms with E-state index in [-0.39, 0.29) is 42.0 Å². The summed E-state index contributed by atoms with van der Waals surface area (Å²) < 4.78 is 0. The molecule has 0 aliphatic rings. The highest BCUT2D eigenvalue weighted by atomic mass is 16.4. The highest BCUT2D eigenvalue weighted by Gasteiger charge is 2.28. The van der Waals surface area contributed by atoms with Gasteiger partial charge in [-0.1, -0.05) is 24.3 Å². The minimum Gasteiger partial charge on any atom is -0.507 e. The van der Waals surface area contributed by atoms with Crippen LogP contribution in [0.3, 0.4) is 0 Å². The summed E-state index contributed by atoms with van der Waals surface area (Å²) in [5, 5.41) is 48.1. The molecule has 0 radical (unpaired) electrons. The number of carboxylic acid groups (broad SMARTS) is 2. The average molecular weight is 489 g/mol. The third-order valence-corrected chi connectivity index (χ3v) is 4.87. The molecule has 1 atom stereocenters. The number of benzene rings is 2. The van der Waals surface area contributed by atoms with Crippen molar-refractivity contribution in [3.05, 3.63) is 64.7 Å². The van der Waals surface area contributed by atoms with E-state index < -0.39 is 30.7 Å². The monoisotopic (exact) mass is 489 g/mol. The van der Waals surface area contributed by atoms with Crippen molar-refractivity contribution in [3.63, 3.8) is 0 Å². The Hall–Kier alpha value is -3.94. The number of rotatable bonds is 10. The van der Waals surface area contributed by atoms with Gasteiger partial charge in [-0.2, -0.15) is 0 Å². The number of hydrogen-bond acceptors (Lipinski definition) is 8. The number of aromatic carboxylic acids is 1. The van der Waals surface area contributed by atoms with Gasteiger partial charge < -0.3 is 41.3 Å². The van der Waals surface area contributed by atoms with Gasteiger partial charge in [-0.25, -0.2) is 4.79 Å². The number of nitrogens with one attached hydrogen (secondary N) is 1. The predicted molar refractivity (Wildman–Crippen MR) is 125 cm³/mol. The number of carboxylic acids is 1. The van der Waals surface area contributed by atoms with Crippen molar-refractivity contribution in [3.8, 4) is 5.75 Å². The number of carbonyl (C=O) groups excluding carboxylic acids is 2. The van der Waals surface area contributed by atoms with Crippen LogP contribution in [-0.4, -0.2) is 80.7 Å². The van der Waals surface area contributed by atoms with Crippen molar-refractivity contribution in [2.24, 2.45) is 5.73 Å². The van der Waals surface area contributed by atoms with Gasteiger partial charge >= 0.3 is 13.1 Å². The van der Waals surface area contributed by atoms with E-state index in [1.54, 1.807) is 18.2 Å². The zero-order valence-corrected chi connectivity index (χ0v) is 19.0. The second-order valence-electron chi connectivity index (χ2n) is 7.35. The molecule has 2 aromatic rings. The van der Waals surface area contributed by atoms with E-state index in [9.17, 15) is 29.5 Å². The van der Waals surface area contributed by atoms with Gasteiger partial charge in [-0.15, -0.1) is 0 Å². The Balaban J connectivity index is 0.00000194. The van der Waals surface area contributed by atoms with Crippen molar-refractivity contribution >= 4 is 31.4 Å². The van der Waals surface area contributed by atoms with Gasteiger partial charge in [0.15, 0.2) is 0 Å². The molecular weight excluding hydrogens is 461 g/mol. The first-order valence-corrected chi connectivity index (χ1v) is 10.4. The van der Waals surface area contributed by atoms with E-state index in [0.717, 1.165) is 0 Å². The lowest BCUT2D eigenvalue weighted by Gasteiger charge is -2.21. The molecule has 12 nitrogen and oxygen atoms in total. The number of amides is 2. The summed E-state index contributed by atoms with van der Waals surface area (Å²) in [4.78, 5) is 45.5. The fraction of sp³-hybridized carbons (Fsp3) is 0.273. The molecule has 0 saturated carbocycles. The van der Waals surface area contributed by atoms with Crippen LogP contribution in [0.2, 0.25) is 0 Å². The van der Waals surface area contributed by atoms with Crippen LogP contribution in [0.5, 0.6) is 5.75 Å². The summed E-state index contributed by atoms with van der Waals surface area (Å²) in [6.07, 6.45) is -0.218. The third-order valence-electron chi connectivity index (χ3n) is 4.87. The Kier molecular flexibility index (Phi) is 11.9. The first-order chi connectivity index (χ1) is 16.5. The zero-order chi connectivity index (χ0) is 26.5. The first kappa shape index (κ1) is 29.1. The number of nitrogens with two attached hydrogens (primary N) is 1. The van der Waals surface area contributed by atoms with E-state index in [4.69, 9.17) is 20.7 Å². The second-order valence-corrected chi connectivity index (χ2v) is 7.35. The molecule has 8 N–H and O–H groups in total. The molecule has 0 aliphatic carbocycles. The van der Waals surface area contributed by atoms with Crippen LogP contribution in [0.1, 0.15) is 38.8 Å². The maximum Gasteiger partial charge on any atom is 0.475 e. The molecule has 35 heavy (non-hydrogen) atoms. The minimum absolute atomic E-state index is 0.135. The molecule has 0 unspecified atom stereocenters. The molecule has 0 bridgehead atoms. The molecule has 2 rings (SSSR count). The maximum absolute atomic E-state index is 12.7. The molecule has 188 valence electrons. The van der Waals surface area contributed by atoms with Crippen LogP contribution in [0, 0.1) is 0 Å². The van der Waals surface area contributed by atoms with Gasteiger partial charge in [0.2, 0.25) is 5.91 Å². The van der Waals surface area contributed by atoms with E-state index in [1.165, 1.54) is 36.1 Å². The number of nitrogens with zero attached hydrogens (tertiary/aromatic N) is 1. The Morgan fingerprint density at radius 3 is 2.34 bits per heavy atom. The Morgan fingerprint density at radius 2 is 1.80 bits per heavy atom. The average Bonchev–Trinajstić information content (AvgIpc) is 2.79. The number of para-hydroxylation sites is 1. The smallest absolute Gasteiger partial charge is 0.475 e. The second kappa shape index (κ2) is 14.4. The zero-order valence-electron chi connectivity index (χ0n) is 19.0. The molecular formula is C22H28BN3O9. The first-order valence-electron chi connectivity index (χ1n) is 10.4. The van der Waals surface area contributed by atoms with Gasteiger partial charge in [0.05, 0.1) is 5.94 Å². The maximum atomic E-state index is 12.7. The van der Waals surface area contributed by atoms with Crippen LogP contribution < -0.4 is 11.1 Å². The van der Waals surface area contributed by atoms with Crippen molar-refractivity contribution in [1.82, 2.24) is 10.2 Å². The van der Waals surface area contributed by atoms with Gasteiger partial charge in [0.1, 0.15) is 11.3 Å². The molecule has 0 fully saturated rings. The largest absolute Gasteiger partial charge is 0.507 e. The van der Waals surface area contributed by atoms with Crippen molar-refractivity contribution in [2.45, 2.75) is 25.8 Å². The quantitative estimate of drug-likeness (QED) is 0.167. The SMILES string of the molecule is CC(=O)N(CCN)Cc1cccc(C(=O)N[C@@H](Cc2cccc(C(=O)O)c2O)B(O)O)c1.O=CO. The Labute approximate surface area is 201 Å². The van der Waals surface area contributed by atoms with Crippen LogP contribution in [0.4, 0.5) is 0 Å². The van der Waals surface area contributed by atoms with Gasteiger partial charge in [-0.3, -0.25) is 14.4 Å². The van der Waals surface area contributed by atoms with E-state index >= 15 is 0 Å². The summed E-state index contributed by atoms with van der Waals surface area (Å²) >= 11 is 0. The van der Waals surface area contributed by atoms with Crippen molar-refractivity contribution in [2.75, 3.05) is 13.1 Å². The molecule has 13 heteroatoms. The summed E-state index contributed by atoms with van der Waals surface area (Å²) in [5.74, 6) is -3.82. The van der Waals surface area contributed by atoms with E-state index in [1.807, 2.05) is 0 Å². The normalized spacial score (nSPS) is 10.9. The van der Waals surface area contributed by atoms with Gasteiger partial charge in [0, 0.05) is 32.1 Å². The summed E-state index contributed by atoms with van der Waals surface area (Å²) in [6, 6.07) is 10.5. The predicted octanol–water partition coefficient (Wildman–Crippen LogP) is -0.548. The van der Waals surface area contributed by atoms with E-state index in [0.29, 0.717) is 18.7 Å². The number of carbonyl (C=O) groups is 4. The Morgan fingerprint density at radius 1 is 1.17 bits per heavy atom. The Bertz CT molecular complexity index is 1030. The molecule has 2 amide bonds. The summed E-state index contributed by atoms with van der Waals surface area (Å²) in [5.41, 5.74) is 6.25. The number of aromatic hydroxyl groups is 1. The molecule has 0 saturated heterocycles. The molecule has 0 aromatic heterocycles. The molecule has 0 spiro atoms. The van der Waals surface area contributed by atoms with Crippen LogP contribution >= 0.6 is 0 Å². The lowest BCUT2D eigenvalue weighted by Crippen LogP contribution is -2.48. The highest BCUT2D eigenvalue weighted by molar-refractivity contribution is 6.43. The summed E-state index contributed by atoms with van der Waals surface area (Å²) in [6.45, 7) is 2.10. The van der Waals surface area contributed by atoms with E-state index in [2.05, 4.69) is 5.32 Å². The molecule has 0 aliphatic heterocycles. The van der Waals surface area contributed by atoms with Crippen LogP contribution in [0.15, 0.2) is 42.5 Å². The lowest BCUT2D eigenvalue weighted by atomic mass is 9.75. The lowest BCUT2D eigenvalue weighted by molar-refractivity contribution is -0.129. The van der Waals surface area contributed by atoms with Gasteiger partial charge in [-0.05, 0) is 35.7 Å². The third kappa shape index (κ3) is 9.08. The van der Waals surface area contributed by atoms with Crippen LogP contribution in [0.25, 0.3) is 0 Å². The summed E-state index contributed by atoms with van der Waals surface area (Å²) in [7, 11) is -1.97.